The van der Waals surface area contributed by atoms with E-state index in [0.29, 0.717) is 6.42 Å². The number of nitrogens with zero attached hydrogens (tertiary/aromatic N) is 2. The van der Waals surface area contributed by atoms with Gasteiger partial charge >= 0.3 is 0 Å². The van der Waals surface area contributed by atoms with E-state index in [1.165, 1.54) is 0 Å². The van der Waals surface area contributed by atoms with Gasteiger partial charge < -0.3 is 15.0 Å². The van der Waals surface area contributed by atoms with Crippen LogP contribution in [0, 0.1) is 11.8 Å². The average Bonchev–Trinajstić information content (AvgIpc) is 2.96. The standard InChI is InChI=1S/C20H21N3O/c1-4-5-13-20(24,15-9-7-6-8-10-15)16-11-12-17-18(14-16)23(3)19(21-2)22-17/h6-12,14,24H,13H2,1-3H3,(H,21,22). The van der Waals surface area contributed by atoms with Crippen molar-refractivity contribution < 1.29 is 5.11 Å². The van der Waals surface area contributed by atoms with E-state index in [0.717, 1.165) is 28.1 Å². The first-order valence-corrected chi connectivity index (χ1v) is 7.92. The van der Waals surface area contributed by atoms with E-state index in [9.17, 15) is 5.11 Å². The first-order valence-electron chi connectivity index (χ1n) is 7.92. The second kappa shape index (κ2) is 6.38. The number of imidazole rings is 1. The number of anilines is 1. The summed E-state index contributed by atoms with van der Waals surface area (Å²) in [7, 11) is 3.80. The Morgan fingerprint density at radius 3 is 2.58 bits per heavy atom. The van der Waals surface area contributed by atoms with Crippen molar-refractivity contribution in [2.24, 2.45) is 7.05 Å². The van der Waals surface area contributed by atoms with E-state index in [4.69, 9.17) is 0 Å². The highest BCUT2D eigenvalue weighted by Gasteiger charge is 2.31. The number of fused-ring (bicyclic) bond motifs is 1. The molecule has 0 aliphatic rings. The Kier molecular flexibility index (Phi) is 4.28. The van der Waals surface area contributed by atoms with Crippen LogP contribution in [0.25, 0.3) is 11.0 Å². The van der Waals surface area contributed by atoms with Crippen molar-refractivity contribution in [2.45, 2.75) is 18.9 Å². The van der Waals surface area contributed by atoms with Crippen molar-refractivity contribution in [3.05, 3.63) is 59.7 Å². The molecule has 0 aliphatic carbocycles. The van der Waals surface area contributed by atoms with Crippen LogP contribution in [0.1, 0.15) is 24.5 Å². The molecule has 0 amide bonds. The zero-order valence-corrected chi connectivity index (χ0v) is 14.2. The topological polar surface area (TPSA) is 50.1 Å². The molecule has 2 N–H and O–H groups in total. The van der Waals surface area contributed by atoms with Crippen LogP contribution in [-0.4, -0.2) is 21.7 Å². The largest absolute Gasteiger partial charge is 0.379 e. The number of aryl methyl sites for hydroxylation is 1. The summed E-state index contributed by atoms with van der Waals surface area (Å²) in [5.41, 5.74) is 2.36. The van der Waals surface area contributed by atoms with Gasteiger partial charge in [-0.25, -0.2) is 4.98 Å². The summed E-state index contributed by atoms with van der Waals surface area (Å²) in [5.74, 6) is 6.71. The Morgan fingerprint density at radius 2 is 1.92 bits per heavy atom. The molecule has 1 aromatic heterocycles. The fourth-order valence-electron chi connectivity index (χ4n) is 2.97. The quantitative estimate of drug-likeness (QED) is 0.726. The maximum Gasteiger partial charge on any atom is 0.203 e. The molecular weight excluding hydrogens is 298 g/mol. The second-order valence-electron chi connectivity index (χ2n) is 5.78. The molecule has 3 rings (SSSR count). The van der Waals surface area contributed by atoms with Gasteiger partial charge in [0.1, 0.15) is 5.60 Å². The Bertz CT molecular complexity index is 918. The average molecular weight is 319 g/mol. The van der Waals surface area contributed by atoms with E-state index in [1.54, 1.807) is 6.92 Å². The Balaban J connectivity index is 2.19. The number of rotatable bonds is 4. The van der Waals surface area contributed by atoms with Gasteiger partial charge in [0.25, 0.3) is 0 Å². The van der Waals surface area contributed by atoms with Crippen LogP contribution in [-0.2, 0) is 12.6 Å². The summed E-state index contributed by atoms with van der Waals surface area (Å²) in [4.78, 5) is 4.53. The predicted molar refractivity (Wildman–Crippen MR) is 97.8 cm³/mol. The summed E-state index contributed by atoms with van der Waals surface area (Å²) in [5, 5.41) is 14.5. The molecule has 0 fully saturated rings. The summed E-state index contributed by atoms with van der Waals surface area (Å²) in [6.07, 6.45) is 0.343. The van der Waals surface area contributed by atoms with Crippen molar-refractivity contribution in [3.63, 3.8) is 0 Å². The Hall–Kier alpha value is -2.77. The lowest BCUT2D eigenvalue weighted by Gasteiger charge is -2.27. The minimum Gasteiger partial charge on any atom is -0.379 e. The van der Waals surface area contributed by atoms with Crippen molar-refractivity contribution >= 4 is 17.0 Å². The van der Waals surface area contributed by atoms with E-state index >= 15 is 0 Å². The highest BCUT2D eigenvalue weighted by atomic mass is 16.3. The number of aromatic nitrogens is 2. The van der Waals surface area contributed by atoms with Gasteiger partial charge in [0, 0.05) is 20.5 Å². The maximum absolute atomic E-state index is 11.5. The van der Waals surface area contributed by atoms with Crippen LogP contribution in [0.4, 0.5) is 5.95 Å². The molecule has 0 radical (unpaired) electrons. The number of nitrogens with one attached hydrogen (secondary N) is 1. The first-order chi connectivity index (χ1) is 11.6. The summed E-state index contributed by atoms with van der Waals surface area (Å²) in [6, 6.07) is 15.5. The molecule has 4 nitrogen and oxygen atoms in total. The maximum atomic E-state index is 11.5. The van der Waals surface area contributed by atoms with Gasteiger partial charge in [0.2, 0.25) is 5.95 Å². The van der Waals surface area contributed by atoms with Gasteiger partial charge in [-0.1, -0.05) is 42.3 Å². The fraction of sp³-hybridized carbons (Fsp3) is 0.250. The third kappa shape index (κ3) is 2.64. The van der Waals surface area contributed by atoms with Gasteiger partial charge in [0.15, 0.2) is 0 Å². The molecule has 2 aromatic carbocycles. The SMILES string of the molecule is CC#CCC(O)(c1ccccc1)c1ccc2nc(NC)n(C)c2c1. The first kappa shape index (κ1) is 16.1. The third-order valence-electron chi connectivity index (χ3n) is 4.35. The Morgan fingerprint density at radius 1 is 1.17 bits per heavy atom. The normalized spacial score (nSPS) is 13.2. The summed E-state index contributed by atoms with van der Waals surface area (Å²) < 4.78 is 1.98. The van der Waals surface area contributed by atoms with Crippen LogP contribution < -0.4 is 5.32 Å². The van der Waals surface area contributed by atoms with Crippen LogP contribution >= 0.6 is 0 Å². The van der Waals surface area contributed by atoms with E-state index in [1.807, 2.05) is 67.2 Å². The van der Waals surface area contributed by atoms with Gasteiger partial charge in [0.05, 0.1) is 11.0 Å². The van der Waals surface area contributed by atoms with Crippen LogP contribution in [0.2, 0.25) is 0 Å². The predicted octanol–water partition coefficient (Wildman–Crippen LogP) is 3.26. The number of hydrogen-bond acceptors (Lipinski definition) is 3. The molecule has 0 spiro atoms. The minimum absolute atomic E-state index is 0.343. The zero-order chi connectivity index (χ0) is 17.2. The highest BCUT2D eigenvalue weighted by Crippen LogP contribution is 2.34. The molecule has 0 aliphatic heterocycles. The number of benzene rings is 2. The van der Waals surface area contributed by atoms with Crippen molar-refractivity contribution in [3.8, 4) is 11.8 Å². The lowest BCUT2D eigenvalue weighted by atomic mass is 9.83. The van der Waals surface area contributed by atoms with Crippen LogP contribution in [0.15, 0.2) is 48.5 Å². The lowest BCUT2D eigenvalue weighted by Crippen LogP contribution is -2.26. The van der Waals surface area contributed by atoms with Gasteiger partial charge in [-0.3, -0.25) is 0 Å². The molecule has 1 heterocycles. The highest BCUT2D eigenvalue weighted by molar-refractivity contribution is 5.79. The molecule has 122 valence electrons. The van der Waals surface area contributed by atoms with E-state index < -0.39 is 5.60 Å². The Labute approximate surface area is 142 Å². The monoisotopic (exact) mass is 319 g/mol. The molecule has 4 heteroatoms. The fourth-order valence-corrected chi connectivity index (χ4v) is 2.97. The van der Waals surface area contributed by atoms with Crippen molar-refractivity contribution in [2.75, 3.05) is 12.4 Å². The van der Waals surface area contributed by atoms with Crippen molar-refractivity contribution in [1.29, 1.82) is 0 Å². The van der Waals surface area contributed by atoms with Crippen molar-refractivity contribution in [1.82, 2.24) is 9.55 Å². The molecule has 0 bridgehead atoms. The van der Waals surface area contributed by atoms with Crippen LogP contribution in [0.3, 0.4) is 0 Å². The molecule has 24 heavy (non-hydrogen) atoms. The summed E-state index contributed by atoms with van der Waals surface area (Å²) in [6.45, 7) is 1.79. The van der Waals surface area contributed by atoms with Gasteiger partial charge in [-0.15, -0.1) is 5.92 Å². The molecule has 0 saturated heterocycles. The number of aliphatic hydroxyl groups is 1. The number of hydrogen-bond donors (Lipinski definition) is 2. The lowest BCUT2D eigenvalue weighted by molar-refractivity contribution is 0.0866. The molecule has 3 aromatic rings. The van der Waals surface area contributed by atoms with Gasteiger partial charge in [-0.2, -0.15) is 0 Å². The van der Waals surface area contributed by atoms with Gasteiger partial charge in [-0.05, 0) is 30.2 Å². The zero-order valence-electron chi connectivity index (χ0n) is 14.2. The smallest absolute Gasteiger partial charge is 0.203 e. The molecule has 1 unspecified atom stereocenters. The molecular formula is C20H21N3O. The second-order valence-corrected chi connectivity index (χ2v) is 5.78. The van der Waals surface area contributed by atoms with E-state index in [2.05, 4.69) is 22.1 Å². The van der Waals surface area contributed by atoms with Crippen LogP contribution in [0.5, 0.6) is 0 Å². The molecule has 1 atom stereocenters. The minimum atomic E-state index is -1.15. The summed E-state index contributed by atoms with van der Waals surface area (Å²) >= 11 is 0. The van der Waals surface area contributed by atoms with E-state index in [-0.39, 0.29) is 0 Å². The third-order valence-corrected chi connectivity index (χ3v) is 4.35. The molecule has 0 saturated carbocycles.